The molecule has 11 rings (SSSR count). The molecule has 0 aliphatic heterocycles. The van der Waals surface area contributed by atoms with Gasteiger partial charge in [0.15, 0.2) is 0 Å². The lowest BCUT2D eigenvalue weighted by Gasteiger charge is -2.33. The molecule has 0 aromatic heterocycles. The Balaban J connectivity index is 0.885. The van der Waals surface area contributed by atoms with E-state index in [1.54, 1.807) is 0 Å². The highest BCUT2D eigenvalue weighted by atomic mass is 15.2. The number of anilines is 4. The fourth-order valence-electron chi connectivity index (χ4n) is 9.34. The Hall–Kier alpha value is -8.38. The van der Waals surface area contributed by atoms with E-state index >= 15 is 0 Å². The van der Waals surface area contributed by atoms with Crippen LogP contribution < -0.4 is 9.80 Å². The summed E-state index contributed by atoms with van der Waals surface area (Å²) in [4.78, 5) is 4.75. The fourth-order valence-corrected chi connectivity index (χ4v) is 9.34. The molecule has 2 aliphatic rings. The summed E-state index contributed by atoms with van der Waals surface area (Å²) in [6.45, 7) is 0. The van der Waals surface area contributed by atoms with E-state index in [1.807, 2.05) is 12.2 Å². The smallest absolute Gasteiger partial charge is 0.0559 e. The molecule has 0 N–H and O–H groups in total. The molecule has 0 amide bonds. The van der Waals surface area contributed by atoms with Crippen molar-refractivity contribution in [2.75, 3.05) is 9.80 Å². The first-order valence-electron chi connectivity index (χ1n) is 22.0. The molecule has 302 valence electrons. The topological polar surface area (TPSA) is 6.48 Å². The Labute approximate surface area is 375 Å². The van der Waals surface area contributed by atoms with Gasteiger partial charge in [-0.2, -0.15) is 0 Å². The summed E-state index contributed by atoms with van der Waals surface area (Å²) in [5.74, 6) is 0. The van der Waals surface area contributed by atoms with Crippen molar-refractivity contribution < 1.29 is 0 Å². The first-order chi connectivity index (χ1) is 31.7. The second-order valence-electron chi connectivity index (χ2n) is 16.3. The van der Waals surface area contributed by atoms with Gasteiger partial charge in [0.25, 0.3) is 0 Å². The summed E-state index contributed by atoms with van der Waals surface area (Å²) in [6, 6.07) is 75.2. The van der Waals surface area contributed by atoms with E-state index in [0.717, 1.165) is 34.7 Å². The predicted molar refractivity (Wildman–Crippen MR) is 271 cm³/mol. The Bertz CT molecular complexity index is 3340. The number of rotatable bonds is 10. The minimum atomic E-state index is 0.207. The zero-order valence-electron chi connectivity index (χ0n) is 35.4. The highest BCUT2D eigenvalue weighted by Gasteiger charge is 2.21. The molecule has 2 aliphatic carbocycles. The van der Waals surface area contributed by atoms with Crippen molar-refractivity contribution in [1.82, 2.24) is 0 Å². The summed E-state index contributed by atoms with van der Waals surface area (Å²) in [5.41, 5.74) is 21.4. The lowest BCUT2D eigenvalue weighted by atomic mass is 9.94. The van der Waals surface area contributed by atoms with E-state index in [9.17, 15) is 0 Å². The third kappa shape index (κ3) is 7.51. The third-order valence-corrected chi connectivity index (χ3v) is 12.5. The van der Waals surface area contributed by atoms with Gasteiger partial charge in [0.2, 0.25) is 0 Å². The van der Waals surface area contributed by atoms with Crippen molar-refractivity contribution >= 4 is 44.3 Å². The molecule has 0 heterocycles. The predicted octanol–water partition coefficient (Wildman–Crippen LogP) is 16.6. The zero-order chi connectivity index (χ0) is 42.7. The maximum absolute atomic E-state index is 3.18. The maximum atomic E-state index is 3.18. The van der Waals surface area contributed by atoms with Crippen LogP contribution in [0.4, 0.5) is 22.7 Å². The molecule has 64 heavy (non-hydrogen) atoms. The van der Waals surface area contributed by atoms with E-state index in [4.69, 9.17) is 0 Å². The number of fused-ring (bicyclic) bond motifs is 2. The van der Waals surface area contributed by atoms with Gasteiger partial charge in [-0.15, -0.1) is 0 Å². The second kappa shape index (κ2) is 17.2. The first kappa shape index (κ1) is 38.5. The van der Waals surface area contributed by atoms with E-state index in [-0.39, 0.29) is 6.04 Å². The average Bonchev–Trinajstić information content (AvgIpc) is 3.38. The number of hydrogen-bond donors (Lipinski definition) is 0. The molecule has 0 bridgehead atoms. The lowest BCUT2D eigenvalue weighted by Crippen LogP contribution is -2.29. The number of allylic oxidation sites excluding steroid dienone is 5. The van der Waals surface area contributed by atoms with Crippen molar-refractivity contribution in [3.05, 3.63) is 266 Å². The molecule has 1 unspecified atom stereocenters. The van der Waals surface area contributed by atoms with Gasteiger partial charge >= 0.3 is 0 Å². The molecule has 0 spiro atoms. The van der Waals surface area contributed by atoms with Crippen molar-refractivity contribution in [3.8, 4) is 44.5 Å². The van der Waals surface area contributed by atoms with E-state index in [0.29, 0.717) is 0 Å². The fraction of sp³-hybridized carbons (Fsp3) is 0.0323. The van der Waals surface area contributed by atoms with Crippen LogP contribution in [-0.2, 0) is 0 Å². The molecular formula is C62H44N2. The van der Waals surface area contributed by atoms with Gasteiger partial charge in [0.05, 0.1) is 11.7 Å². The summed E-state index contributed by atoms with van der Waals surface area (Å²) < 4.78 is 0. The monoisotopic (exact) mass is 816 g/mol. The Morgan fingerprint density at radius 2 is 0.828 bits per heavy atom. The molecule has 0 saturated carbocycles. The molecule has 0 fully saturated rings. The SMILES string of the molecule is C1=C=CC(N(c2ccc(-c3ccccc3-c3ccc(N(c4ccc(-c5cccc6ccccc56)cc4)C4C=CC=CC4)cc3)cc2)c2ccc(-c3cccc4ccccc34)cc2)=CC=1. The van der Waals surface area contributed by atoms with Gasteiger partial charge in [0, 0.05) is 28.8 Å². The average molecular weight is 817 g/mol. The molecule has 9 aromatic carbocycles. The van der Waals surface area contributed by atoms with E-state index < -0.39 is 0 Å². The van der Waals surface area contributed by atoms with Crippen LogP contribution >= 0.6 is 0 Å². The van der Waals surface area contributed by atoms with Crippen LogP contribution in [0.1, 0.15) is 6.42 Å². The van der Waals surface area contributed by atoms with Crippen LogP contribution in [0.25, 0.3) is 66.1 Å². The molecule has 2 heteroatoms. The molecule has 1 atom stereocenters. The van der Waals surface area contributed by atoms with Gasteiger partial charge in [-0.3, -0.25) is 0 Å². The van der Waals surface area contributed by atoms with E-state index in [1.165, 1.54) is 66.2 Å². The largest absolute Gasteiger partial charge is 0.334 e. The van der Waals surface area contributed by atoms with Crippen molar-refractivity contribution in [1.29, 1.82) is 0 Å². The normalized spacial score (nSPS) is 13.9. The van der Waals surface area contributed by atoms with Gasteiger partial charge in [-0.1, -0.05) is 193 Å². The lowest BCUT2D eigenvalue weighted by molar-refractivity contribution is 0.785. The van der Waals surface area contributed by atoms with Crippen molar-refractivity contribution in [3.63, 3.8) is 0 Å². The minimum absolute atomic E-state index is 0.207. The van der Waals surface area contributed by atoms with Crippen LogP contribution in [0, 0.1) is 0 Å². The van der Waals surface area contributed by atoms with Crippen LogP contribution in [-0.4, -0.2) is 6.04 Å². The number of hydrogen-bond acceptors (Lipinski definition) is 2. The Kier molecular flexibility index (Phi) is 10.3. The first-order valence-corrected chi connectivity index (χ1v) is 22.0. The van der Waals surface area contributed by atoms with E-state index in [2.05, 4.69) is 258 Å². The van der Waals surface area contributed by atoms with Gasteiger partial charge in [0.1, 0.15) is 0 Å². The highest BCUT2D eigenvalue weighted by Crippen LogP contribution is 2.40. The highest BCUT2D eigenvalue weighted by molar-refractivity contribution is 5.98. The zero-order valence-corrected chi connectivity index (χ0v) is 35.4. The quantitative estimate of drug-likeness (QED) is 0.127. The van der Waals surface area contributed by atoms with Gasteiger partial charge < -0.3 is 9.80 Å². The summed E-state index contributed by atoms with van der Waals surface area (Å²) in [6.07, 6.45) is 15.8. The van der Waals surface area contributed by atoms with Crippen LogP contribution in [0.15, 0.2) is 266 Å². The van der Waals surface area contributed by atoms with Crippen LogP contribution in [0.3, 0.4) is 0 Å². The molecule has 9 aromatic rings. The molecular weight excluding hydrogens is 773 g/mol. The third-order valence-electron chi connectivity index (χ3n) is 12.5. The molecule has 0 saturated heterocycles. The maximum Gasteiger partial charge on any atom is 0.0559 e. The van der Waals surface area contributed by atoms with Crippen molar-refractivity contribution in [2.45, 2.75) is 12.5 Å². The van der Waals surface area contributed by atoms with Gasteiger partial charge in [-0.05, 0) is 133 Å². The molecule has 2 nitrogen and oxygen atoms in total. The number of nitrogens with zero attached hydrogens (tertiary/aromatic N) is 2. The standard InChI is InChI=1S/C62H44N2/c1-3-19-51(20-4-1)63(55-41-33-49(34-42-55)61-27-13-17-45-15-7-9-23-57(45)61)53-37-29-47(30-38-53)59-25-11-12-26-60(59)48-31-39-54(40-32-48)64(52-21-5-2-6-22-52)56-43-35-50(36-44-56)62-28-14-18-46-16-8-10-24-58(46)62/h1,3-5,7-19,21-44,51H,20H2. The summed E-state index contributed by atoms with van der Waals surface area (Å²) in [5, 5.41) is 5.02. The van der Waals surface area contributed by atoms with Gasteiger partial charge in [-0.25, -0.2) is 0 Å². The minimum Gasteiger partial charge on any atom is -0.334 e. The Morgan fingerprint density at radius 1 is 0.391 bits per heavy atom. The van der Waals surface area contributed by atoms with Crippen LogP contribution in [0.2, 0.25) is 0 Å². The summed E-state index contributed by atoms with van der Waals surface area (Å²) >= 11 is 0. The summed E-state index contributed by atoms with van der Waals surface area (Å²) in [7, 11) is 0. The van der Waals surface area contributed by atoms with Crippen molar-refractivity contribution in [2.24, 2.45) is 0 Å². The Morgan fingerprint density at radius 3 is 1.30 bits per heavy atom. The molecule has 0 radical (unpaired) electrons. The number of benzene rings is 9. The van der Waals surface area contributed by atoms with Crippen LogP contribution in [0.5, 0.6) is 0 Å². The second-order valence-corrected chi connectivity index (χ2v) is 16.3.